The summed E-state index contributed by atoms with van der Waals surface area (Å²) < 4.78 is 5.89. The lowest BCUT2D eigenvalue weighted by atomic mass is 10.0. The molecule has 0 heterocycles. The minimum Gasteiger partial charge on any atom is -0.462 e. The highest BCUT2D eigenvalue weighted by Crippen LogP contribution is 2.18. The predicted molar refractivity (Wildman–Crippen MR) is 246 cm³/mol. The topological polar surface area (TPSA) is 95.9 Å². The summed E-state index contributed by atoms with van der Waals surface area (Å²) in [6, 6.07) is -0.705. The van der Waals surface area contributed by atoms with Gasteiger partial charge in [0.2, 0.25) is 5.91 Å². The van der Waals surface area contributed by atoms with Crippen molar-refractivity contribution in [1.82, 2.24) is 5.32 Å². The van der Waals surface area contributed by atoms with Crippen LogP contribution in [0.1, 0.15) is 265 Å². The Morgan fingerprint density at radius 1 is 0.509 bits per heavy atom. The molecule has 3 N–H and O–H groups in total. The zero-order valence-electron chi connectivity index (χ0n) is 38.2. The van der Waals surface area contributed by atoms with Gasteiger partial charge in [-0.1, -0.05) is 231 Å². The number of aliphatic hydroxyl groups is 2. The van der Waals surface area contributed by atoms with Crippen molar-refractivity contribution in [1.29, 1.82) is 0 Å². The van der Waals surface area contributed by atoms with Gasteiger partial charge in [-0.3, -0.25) is 9.59 Å². The third-order valence-corrected chi connectivity index (χ3v) is 11.5. The molecule has 57 heavy (non-hydrogen) atoms. The van der Waals surface area contributed by atoms with Gasteiger partial charge in [0.25, 0.3) is 0 Å². The minimum absolute atomic E-state index is 0.0605. The Morgan fingerprint density at radius 3 is 1.33 bits per heavy atom. The molecule has 6 heteroatoms. The number of carbonyl (C=O) groups excluding carboxylic acids is 2. The van der Waals surface area contributed by atoms with Crippen LogP contribution in [0.3, 0.4) is 0 Å². The van der Waals surface area contributed by atoms with Crippen LogP contribution in [0.15, 0.2) is 24.3 Å². The molecule has 0 aliphatic heterocycles. The van der Waals surface area contributed by atoms with Gasteiger partial charge < -0.3 is 20.3 Å². The monoisotopic (exact) mass is 804 g/mol. The summed E-state index contributed by atoms with van der Waals surface area (Å²) >= 11 is 0. The van der Waals surface area contributed by atoms with Crippen LogP contribution in [0.25, 0.3) is 0 Å². The summed E-state index contributed by atoms with van der Waals surface area (Å²) in [5.41, 5.74) is 0. The first-order valence-electron chi connectivity index (χ1n) is 25.1. The number of hydrogen-bond donors (Lipinski definition) is 3. The van der Waals surface area contributed by atoms with Crippen LogP contribution in [0.5, 0.6) is 0 Å². The Morgan fingerprint density at radius 2 is 0.895 bits per heavy atom. The fraction of sp³-hybridized carbons (Fsp3) is 0.882. The number of hydrogen-bond acceptors (Lipinski definition) is 5. The SMILES string of the molecule is CCCCCCCC/C=C\C/C=C/CCC(=O)OC(CCCCCCCCCCCCCCCCCC)CC(=O)NC(CO)C(O)CCCCCCCCCCC. The molecule has 3 unspecified atom stereocenters. The molecule has 0 spiro atoms. The van der Waals surface area contributed by atoms with Crippen LogP contribution in [-0.2, 0) is 14.3 Å². The number of amides is 1. The number of unbranched alkanes of at least 4 members (excludes halogenated alkanes) is 29. The number of aliphatic hydroxyl groups excluding tert-OH is 2. The highest BCUT2D eigenvalue weighted by Gasteiger charge is 2.24. The van der Waals surface area contributed by atoms with Crippen molar-refractivity contribution in [3.05, 3.63) is 24.3 Å². The van der Waals surface area contributed by atoms with Gasteiger partial charge in [-0.25, -0.2) is 0 Å². The van der Waals surface area contributed by atoms with Gasteiger partial charge in [0.05, 0.1) is 25.2 Å². The number of carbonyl (C=O) groups is 2. The van der Waals surface area contributed by atoms with Crippen molar-refractivity contribution in [2.45, 2.75) is 283 Å². The Hall–Kier alpha value is -1.66. The van der Waals surface area contributed by atoms with Crippen molar-refractivity contribution in [2.24, 2.45) is 0 Å². The third-order valence-electron chi connectivity index (χ3n) is 11.5. The second kappa shape index (κ2) is 45.4. The minimum atomic E-state index is -0.790. The van der Waals surface area contributed by atoms with Crippen LogP contribution >= 0.6 is 0 Å². The molecule has 0 aromatic heterocycles. The molecule has 0 bridgehead atoms. The van der Waals surface area contributed by atoms with E-state index in [0.29, 0.717) is 25.7 Å². The molecular weight excluding hydrogens is 707 g/mol. The van der Waals surface area contributed by atoms with Gasteiger partial charge in [-0.15, -0.1) is 0 Å². The van der Waals surface area contributed by atoms with Gasteiger partial charge in [-0.2, -0.15) is 0 Å². The van der Waals surface area contributed by atoms with E-state index in [0.717, 1.165) is 44.9 Å². The summed E-state index contributed by atoms with van der Waals surface area (Å²) in [5, 5.41) is 23.6. The van der Waals surface area contributed by atoms with Crippen molar-refractivity contribution in [3.63, 3.8) is 0 Å². The molecule has 0 rings (SSSR count). The fourth-order valence-electron chi connectivity index (χ4n) is 7.72. The Bertz CT molecular complexity index is 904. The number of nitrogens with one attached hydrogen (secondary N) is 1. The zero-order valence-corrected chi connectivity index (χ0v) is 38.2. The molecule has 0 radical (unpaired) electrons. The maximum absolute atomic E-state index is 13.1. The van der Waals surface area contributed by atoms with E-state index in [-0.39, 0.29) is 24.9 Å². The maximum atomic E-state index is 13.1. The standard InChI is InChI=1S/C51H97NO5/c1-4-7-10-13-16-19-21-23-24-25-27-28-31-33-36-39-42-47(57-51(56)44-41-38-35-32-29-26-22-20-17-14-11-8-5-2)45-50(55)52-48(46-53)49(54)43-40-37-34-30-18-15-12-9-6-3/h26,29,35,38,47-49,53-54H,4-25,27-28,30-34,36-37,39-46H2,1-3H3,(H,52,55)/b29-26-,38-35+. The predicted octanol–water partition coefficient (Wildman–Crippen LogP) is 14.7. The number of esters is 1. The van der Waals surface area contributed by atoms with Gasteiger partial charge >= 0.3 is 5.97 Å². The van der Waals surface area contributed by atoms with Gasteiger partial charge in [0.1, 0.15) is 6.10 Å². The molecule has 0 saturated carbocycles. The quantitative estimate of drug-likeness (QED) is 0.0324. The van der Waals surface area contributed by atoms with Crippen LogP contribution in [-0.4, -0.2) is 46.9 Å². The first-order chi connectivity index (χ1) is 28.0. The third kappa shape index (κ3) is 40.9. The lowest BCUT2D eigenvalue weighted by Gasteiger charge is -2.24. The summed E-state index contributed by atoms with van der Waals surface area (Å²) in [5.74, 6) is -0.543. The molecular formula is C51H97NO5. The van der Waals surface area contributed by atoms with Crippen molar-refractivity contribution in [3.8, 4) is 0 Å². The molecule has 0 aliphatic rings. The second-order valence-electron chi connectivity index (χ2n) is 17.2. The molecule has 1 amide bonds. The zero-order chi connectivity index (χ0) is 41.7. The van der Waals surface area contributed by atoms with Crippen LogP contribution < -0.4 is 5.32 Å². The molecule has 0 aliphatic carbocycles. The van der Waals surface area contributed by atoms with E-state index >= 15 is 0 Å². The Kier molecular flexibility index (Phi) is 44.1. The molecule has 0 aromatic carbocycles. The van der Waals surface area contributed by atoms with Crippen molar-refractivity contribution < 1.29 is 24.5 Å². The number of ether oxygens (including phenoxy) is 1. The van der Waals surface area contributed by atoms with Crippen molar-refractivity contribution in [2.75, 3.05) is 6.61 Å². The summed E-state index contributed by atoms with van der Waals surface area (Å²) in [4.78, 5) is 26.0. The smallest absolute Gasteiger partial charge is 0.306 e. The second-order valence-corrected chi connectivity index (χ2v) is 17.2. The van der Waals surface area contributed by atoms with Crippen LogP contribution in [0, 0.1) is 0 Å². The van der Waals surface area contributed by atoms with E-state index in [9.17, 15) is 19.8 Å². The van der Waals surface area contributed by atoms with E-state index in [1.54, 1.807) is 0 Å². The van der Waals surface area contributed by atoms with Crippen molar-refractivity contribution >= 4 is 11.9 Å². The first kappa shape index (κ1) is 55.3. The summed E-state index contributed by atoms with van der Waals surface area (Å²) in [6.07, 6.45) is 51.1. The highest BCUT2D eigenvalue weighted by atomic mass is 16.5. The normalized spacial score (nSPS) is 13.4. The molecule has 3 atom stereocenters. The fourth-order valence-corrected chi connectivity index (χ4v) is 7.72. The number of rotatable bonds is 45. The van der Waals surface area contributed by atoms with Gasteiger partial charge in [-0.05, 0) is 44.9 Å². The first-order valence-corrected chi connectivity index (χ1v) is 25.1. The van der Waals surface area contributed by atoms with E-state index in [1.165, 1.54) is 167 Å². The van der Waals surface area contributed by atoms with E-state index in [4.69, 9.17) is 4.74 Å². The molecule has 0 aromatic rings. The van der Waals surface area contributed by atoms with Gasteiger partial charge in [0, 0.05) is 6.42 Å². The molecule has 6 nitrogen and oxygen atoms in total. The largest absolute Gasteiger partial charge is 0.462 e. The average Bonchev–Trinajstić information content (AvgIpc) is 3.20. The number of allylic oxidation sites excluding steroid dienone is 4. The lowest BCUT2D eigenvalue weighted by Crippen LogP contribution is -2.46. The average molecular weight is 804 g/mol. The van der Waals surface area contributed by atoms with E-state index < -0.39 is 18.2 Å². The van der Waals surface area contributed by atoms with Gasteiger partial charge in [0.15, 0.2) is 0 Å². The summed E-state index contributed by atoms with van der Waals surface area (Å²) in [7, 11) is 0. The van der Waals surface area contributed by atoms with Crippen LogP contribution in [0.2, 0.25) is 0 Å². The molecule has 0 fully saturated rings. The Balaban J connectivity index is 4.61. The van der Waals surface area contributed by atoms with E-state index in [2.05, 4.69) is 50.4 Å². The van der Waals surface area contributed by atoms with E-state index in [1.807, 2.05) is 0 Å². The maximum Gasteiger partial charge on any atom is 0.306 e. The molecule has 0 saturated heterocycles. The molecule has 336 valence electrons. The lowest BCUT2D eigenvalue weighted by molar-refractivity contribution is -0.150. The van der Waals surface area contributed by atoms with Crippen LogP contribution in [0.4, 0.5) is 0 Å². The highest BCUT2D eigenvalue weighted by molar-refractivity contribution is 5.77. The summed E-state index contributed by atoms with van der Waals surface area (Å²) in [6.45, 7) is 6.46. The Labute approximate surface area is 354 Å².